The van der Waals surface area contributed by atoms with E-state index in [2.05, 4.69) is 20.5 Å². The first-order valence-electron chi connectivity index (χ1n) is 5.30. The molecule has 0 atom stereocenters. The van der Waals surface area contributed by atoms with Gasteiger partial charge < -0.3 is 9.88 Å². The van der Waals surface area contributed by atoms with Gasteiger partial charge in [-0.15, -0.1) is 10.2 Å². The molecule has 2 aromatic heterocycles. The van der Waals surface area contributed by atoms with Crippen LogP contribution in [0.4, 0.5) is 0 Å². The van der Waals surface area contributed by atoms with Gasteiger partial charge in [-0.1, -0.05) is 6.07 Å². The maximum absolute atomic E-state index is 4.24. The molecule has 0 bridgehead atoms. The third-order valence-electron chi connectivity index (χ3n) is 2.36. The van der Waals surface area contributed by atoms with Gasteiger partial charge in [-0.05, 0) is 12.1 Å². The molecule has 5 heteroatoms. The molecule has 2 heterocycles. The van der Waals surface area contributed by atoms with Crippen molar-refractivity contribution >= 4 is 0 Å². The van der Waals surface area contributed by atoms with E-state index in [9.17, 15) is 0 Å². The van der Waals surface area contributed by atoms with Crippen LogP contribution < -0.4 is 5.32 Å². The Labute approximate surface area is 94.5 Å². The Morgan fingerprint density at radius 2 is 2.31 bits per heavy atom. The lowest BCUT2D eigenvalue weighted by atomic mass is 10.3. The van der Waals surface area contributed by atoms with E-state index in [1.807, 2.05) is 29.8 Å². The van der Waals surface area contributed by atoms with Crippen molar-refractivity contribution in [3.05, 3.63) is 42.2 Å². The molecule has 0 unspecified atom stereocenters. The van der Waals surface area contributed by atoms with Gasteiger partial charge in [-0.2, -0.15) is 0 Å². The van der Waals surface area contributed by atoms with Crippen molar-refractivity contribution in [1.82, 2.24) is 25.1 Å². The van der Waals surface area contributed by atoms with Gasteiger partial charge in [0.1, 0.15) is 12.2 Å². The van der Waals surface area contributed by atoms with Gasteiger partial charge in [0.25, 0.3) is 0 Å². The molecule has 0 amide bonds. The Morgan fingerprint density at radius 1 is 1.38 bits per heavy atom. The largest absolute Gasteiger partial charge is 0.321 e. The van der Waals surface area contributed by atoms with Crippen LogP contribution in [-0.4, -0.2) is 26.3 Å². The molecule has 84 valence electrons. The van der Waals surface area contributed by atoms with Gasteiger partial charge in [-0.3, -0.25) is 4.98 Å². The lowest BCUT2D eigenvalue weighted by molar-refractivity contribution is 0.645. The second-order valence-corrected chi connectivity index (χ2v) is 3.61. The highest BCUT2D eigenvalue weighted by Gasteiger charge is 1.99. The van der Waals surface area contributed by atoms with Crippen LogP contribution >= 0.6 is 0 Å². The minimum Gasteiger partial charge on any atom is -0.321 e. The number of nitrogens with zero attached hydrogens (tertiary/aromatic N) is 4. The predicted octanol–water partition coefficient (Wildman–Crippen LogP) is 0.542. The topological polar surface area (TPSA) is 55.6 Å². The SMILES string of the molecule is Cn1cnnc1CCNCc1ccccn1. The summed E-state index contributed by atoms with van der Waals surface area (Å²) in [7, 11) is 1.95. The summed E-state index contributed by atoms with van der Waals surface area (Å²) < 4.78 is 1.93. The molecule has 0 saturated carbocycles. The van der Waals surface area contributed by atoms with Gasteiger partial charge in [0, 0.05) is 32.8 Å². The number of aryl methyl sites for hydroxylation is 1. The maximum Gasteiger partial charge on any atom is 0.133 e. The Kier molecular flexibility index (Phi) is 3.61. The number of pyridine rings is 1. The zero-order valence-electron chi connectivity index (χ0n) is 9.30. The van der Waals surface area contributed by atoms with Crippen LogP contribution in [0.2, 0.25) is 0 Å². The first kappa shape index (κ1) is 10.8. The summed E-state index contributed by atoms with van der Waals surface area (Å²) >= 11 is 0. The third-order valence-corrected chi connectivity index (χ3v) is 2.36. The summed E-state index contributed by atoms with van der Waals surface area (Å²) in [6.07, 6.45) is 4.40. The molecule has 0 aliphatic heterocycles. The Hall–Kier alpha value is -1.75. The summed E-state index contributed by atoms with van der Waals surface area (Å²) in [6.45, 7) is 1.67. The molecule has 16 heavy (non-hydrogen) atoms. The minimum atomic E-state index is 0.790. The maximum atomic E-state index is 4.24. The highest BCUT2D eigenvalue weighted by Crippen LogP contribution is 1.94. The summed E-state index contributed by atoms with van der Waals surface area (Å²) in [5, 5.41) is 11.2. The fraction of sp³-hybridized carbons (Fsp3) is 0.364. The Balaban J connectivity index is 1.72. The molecule has 0 aliphatic rings. The summed E-state index contributed by atoms with van der Waals surface area (Å²) in [5.41, 5.74) is 1.06. The standard InChI is InChI=1S/C11H15N5/c1-16-9-14-15-11(16)5-7-12-8-10-4-2-3-6-13-10/h2-4,6,9,12H,5,7-8H2,1H3. The van der Waals surface area contributed by atoms with E-state index in [-0.39, 0.29) is 0 Å². The van der Waals surface area contributed by atoms with Crippen LogP contribution in [0.5, 0.6) is 0 Å². The van der Waals surface area contributed by atoms with Crippen molar-refractivity contribution in [2.24, 2.45) is 7.05 Å². The first-order valence-corrected chi connectivity index (χ1v) is 5.30. The van der Waals surface area contributed by atoms with Gasteiger partial charge in [0.15, 0.2) is 0 Å². The molecular weight excluding hydrogens is 202 g/mol. The lowest BCUT2D eigenvalue weighted by Gasteiger charge is -2.03. The van der Waals surface area contributed by atoms with Crippen molar-refractivity contribution < 1.29 is 0 Å². The van der Waals surface area contributed by atoms with E-state index in [1.165, 1.54) is 0 Å². The van der Waals surface area contributed by atoms with Crippen LogP contribution in [0, 0.1) is 0 Å². The second kappa shape index (κ2) is 5.37. The van der Waals surface area contributed by atoms with Crippen LogP contribution in [0.3, 0.4) is 0 Å². The lowest BCUT2D eigenvalue weighted by Crippen LogP contribution is -2.18. The minimum absolute atomic E-state index is 0.790. The summed E-state index contributed by atoms with van der Waals surface area (Å²) in [5.74, 6) is 0.994. The number of hydrogen-bond acceptors (Lipinski definition) is 4. The van der Waals surface area contributed by atoms with Crippen molar-refractivity contribution in [1.29, 1.82) is 0 Å². The van der Waals surface area contributed by atoms with Gasteiger partial charge in [-0.25, -0.2) is 0 Å². The molecule has 0 saturated heterocycles. The first-order chi connectivity index (χ1) is 7.86. The molecule has 2 rings (SSSR count). The second-order valence-electron chi connectivity index (χ2n) is 3.61. The molecule has 0 fully saturated rings. The molecule has 0 aliphatic carbocycles. The van der Waals surface area contributed by atoms with E-state index in [4.69, 9.17) is 0 Å². The van der Waals surface area contributed by atoms with Crippen molar-refractivity contribution in [2.75, 3.05) is 6.54 Å². The highest BCUT2D eigenvalue weighted by atomic mass is 15.2. The van der Waals surface area contributed by atoms with E-state index >= 15 is 0 Å². The number of rotatable bonds is 5. The van der Waals surface area contributed by atoms with Crippen molar-refractivity contribution in [3.8, 4) is 0 Å². The Morgan fingerprint density at radius 3 is 3.00 bits per heavy atom. The molecule has 0 aromatic carbocycles. The van der Waals surface area contributed by atoms with Crippen LogP contribution in [0.1, 0.15) is 11.5 Å². The highest BCUT2D eigenvalue weighted by molar-refractivity contribution is 5.02. The average Bonchev–Trinajstić information content (AvgIpc) is 2.72. The normalized spacial score (nSPS) is 10.6. The Bertz CT molecular complexity index is 423. The third kappa shape index (κ3) is 2.87. The van der Waals surface area contributed by atoms with Crippen molar-refractivity contribution in [2.45, 2.75) is 13.0 Å². The van der Waals surface area contributed by atoms with Crippen LogP contribution in [0.25, 0.3) is 0 Å². The molecule has 1 N–H and O–H groups in total. The fourth-order valence-electron chi connectivity index (χ4n) is 1.45. The van der Waals surface area contributed by atoms with Crippen LogP contribution in [0.15, 0.2) is 30.7 Å². The number of nitrogens with one attached hydrogen (secondary N) is 1. The summed E-state index contributed by atoms with van der Waals surface area (Å²) in [4.78, 5) is 4.24. The number of aromatic nitrogens is 4. The van der Waals surface area contributed by atoms with Crippen molar-refractivity contribution in [3.63, 3.8) is 0 Å². The van der Waals surface area contributed by atoms with Gasteiger partial charge in [0.05, 0.1) is 5.69 Å². The molecule has 2 aromatic rings. The zero-order valence-corrected chi connectivity index (χ0v) is 9.30. The van der Waals surface area contributed by atoms with E-state index < -0.39 is 0 Å². The zero-order chi connectivity index (χ0) is 11.2. The van der Waals surface area contributed by atoms with E-state index in [1.54, 1.807) is 12.5 Å². The van der Waals surface area contributed by atoms with Crippen LogP contribution in [-0.2, 0) is 20.0 Å². The van der Waals surface area contributed by atoms with Gasteiger partial charge in [0.2, 0.25) is 0 Å². The molecule has 5 nitrogen and oxygen atoms in total. The quantitative estimate of drug-likeness (QED) is 0.743. The van der Waals surface area contributed by atoms with Gasteiger partial charge >= 0.3 is 0 Å². The van der Waals surface area contributed by atoms with E-state index in [0.29, 0.717) is 0 Å². The molecular formula is C11H15N5. The molecule has 0 radical (unpaired) electrons. The predicted molar refractivity (Wildman–Crippen MR) is 60.7 cm³/mol. The number of hydrogen-bond donors (Lipinski definition) is 1. The average molecular weight is 217 g/mol. The molecule has 0 spiro atoms. The monoisotopic (exact) mass is 217 g/mol. The van der Waals surface area contributed by atoms with E-state index in [0.717, 1.165) is 31.0 Å². The summed E-state index contributed by atoms with van der Waals surface area (Å²) in [6, 6.07) is 5.92. The fourth-order valence-corrected chi connectivity index (χ4v) is 1.45. The smallest absolute Gasteiger partial charge is 0.133 e.